The number of amides is 1. The summed E-state index contributed by atoms with van der Waals surface area (Å²) in [6.45, 7) is 3.77. The van der Waals surface area contributed by atoms with Crippen LogP contribution in [0.25, 0.3) is 11.3 Å². The fourth-order valence-electron chi connectivity index (χ4n) is 5.35. The van der Waals surface area contributed by atoms with Crippen LogP contribution in [0, 0.1) is 0 Å². The molecule has 0 aromatic heterocycles. The molecule has 1 amide bonds. The van der Waals surface area contributed by atoms with Crippen molar-refractivity contribution >= 4 is 28.8 Å². The molecule has 3 heterocycles. The molecule has 0 radical (unpaired) electrons. The number of methoxy groups -OCH3 is 1. The first-order chi connectivity index (χ1) is 19.1. The molecule has 0 bridgehead atoms. The Balaban J connectivity index is 1.22. The zero-order valence-corrected chi connectivity index (χ0v) is 22.6. The lowest BCUT2D eigenvalue weighted by Gasteiger charge is -2.36. The van der Waals surface area contributed by atoms with Crippen LogP contribution in [0.1, 0.15) is 21.5 Å². The quantitative estimate of drug-likeness (QED) is 0.460. The van der Waals surface area contributed by atoms with Crippen molar-refractivity contribution in [2.24, 2.45) is 0 Å². The van der Waals surface area contributed by atoms with Gasteiger partial charge in [-0.05, 0) is 59.2 Å². The van der Waals surface area contributed by atoms with Gasteiger partial charge in [-0.3, -0.25) is 9.69 Å². The van der Waals surface area contributed by atoms with Crippen molar-refractivity contribution in [3.63, 3.8) is 0 Å². The normalized spacial score (nSPS) is 19.0. The number of nitrogens with zero attached hydrogens (tertiary/aromatic N) is 3. The molecule has 6 nitrogen and oxygen atoms in total. The Morgan fingerprint density at radius 2 is 1.64 bits per heavy atom. The summed E-state index contributed by atoms with van der Waals surface area (Å²) < 4.78 is 5.23. The number of halogens is 1. The number of fused-ring (bicyclic) bond motifs is 1. The van der Waals surface area contributed by atoms with Gasteiger partial charge in [-0.1, -0.05) is 60.1 Å². The topological polar surface area (TPSA) is 48.1 Å². The molecule has 7 heteroatoms. The van der Waals surface area contributed by atoms with Crippen LogP contribution >= 0.6 is 11.6 Å². The molecule has 1 saturated heterocycles. The molecule has 39 heavy (non-hydrogen) atoms. The van der Waals surface area contributed by atoms with Crippen LogP contribution in [0.4, 0.5) is 0 Å². The van der Waals surface area contributed by atoms with E-state index in [2.05, 4.69) is 69.9 Å². The molecule has 1 fully saturated rings. The van der Waals surface area contributed by atoms with Gasteiger partial charge in [-0.25, -0.2) is 0 Å². The van der Waals surface area contributed by atoms with Gasteiger partial charge in [0, 0.05) is 49.5 Å². The summed E-state index contributed by atoms with van der Waals surface area (Å²) in [6, 6.07) is 25.8. The summed E-state index contributed by atoms with van der Waals surface area (Å²) in [5.74, 6) is 0.819. The Bertz CT molecular complexity index is 1420. The van der Waals surface area contributed by atoms with Crippen molar-refractivity contribution in [1.29, 1.82) is 0 Å². The highest BCUT2D eigenvalue weighted by atomic mass is 35.5. The number of benzene rings is 3. The molecule has 3 aromatic carbocycles. The van der Waals surface area contributed by atoms with Crippen LogP contribution in [0.3, 0.4) is 0 Å². The Kier molecular flexibility index (Phi) is 7.14. The Labute approximate surface area is 234 Å². The van der Waals surface area contributed by atoms with Crippen LogP contribution in [0.2, 0.25) is 5.02 Å². The van der Waals surface area contributed by atoms with Gasteiger partial charge < -0.3 is 19.9 Å². The average Bonchev–Trinajstić information content (AvgIpc) is 3.35. The molecular weight excluding hydrogens is 508 g/mol. The Hall–Kier alpha value is -4.00. The first-order valence-electron chi connectivity index (χ1n) is 13.2. The maximum atomic E-state index is 13.1. The highest BCUT2D eigenvalue weighted by Crippen LogP contribution is 2.34. The van der Waals surface area contributed by atoms with Gasteiger partial charge in [-0.2, -0.15) is 0 Å². The fourth-order valence-corrected chi connectivity index (χ4v) is 5.48. The highest BCUT2D eigenvalue weighted by Gasteiger charge is 2.33. The third-order valence-corrected chi connectivity index (χ3v) is 7.79. The van der Waals surface area contributed by atoms with Gasteiger partial charge >= 0.3 is 0 Å². The number of allylic oxidation sites excluding steroid dienone is 2. The predicted octanol–water partition coefficient (Wildman–Crippen LogP) is 5.32. The molecule has 6 rings (SSSR count). The first-order valence-corrected chi connectivity index (χ1v) is 13.6. The SMILES string of the molecule is COc1ccc(C(=O)N2CCN(CC3=C(c4ccc(Cl)cc4)NC4C=CC(c5ccccc5)=CN34)CC2)cc1. The molecule has 1 unspecified atom stereocenters. The van der Waals surface area contributed by atoms with E-state index in [9.17, 15) is 4.79 Å². The molecule has 198 valence electrons. The summed E-state index contributed by atoms with van der Waals surface area (Å²) >= 11 is 6.20. The lowest BCUT2D eigenvalue weighted by molar-refractivity contribution is 0.0642. The summed E-state index contributed by atoms with van der Waals surface area (Å²) in [5.41, 5.74) is 6.51. The summed E-state index contributed by atoms with van der Waals surface area (Å²) in [4.78, 5) is 19.8. The van der Waals surface area contributed by atoms with E-state index in [1.807, 2.05) is 47.4 Å². The minimum absolute atomic E-state index is 0.0519. The van der Waals surface area contributed by atoms with Gasteiger partial charge in [-0.15, -0.1) is 0 Å². The van der Waals surface area contributed by atoms with E-state index in [1.165, 1.54) is 16.8 Å². The number of rotatable bonds is 6. The number of carbonyl (C=O) groups excluding carboxylic acids is 1. The molecule has 0 aliphatic carbocycles. The standard InChI is InChI=1S/C32H31ClN4O2/c1-39-28-14-9-25(10-15-28)32(38)36-19-17-35(18-20-36)22-29-31(24-7-12-27(33)13-8-24)34-30-16-11-26(21-37(29)30)23-5-3-2-4-6-23/h2-16,21,30,34H,17-20,22H2,1H3. The van der Waals surface area contributed by atoms with Gasteiger partial charge in [0.1, 0.15) is 11.9 Å². The van der Waals surface area contributed by atoms with Crippen molar-refractivity contribution in [2.75, 3.05) is 39.8 Å². The number of piperazine rings is 1. The lowest BCUT2D eigenvalue weighted by Crippen LogP contribution is -2.49. The zero-order chi connectivity index (χ0) is 26.8. The van der Waals surface area contributed by atoms with Crippen molar-refractivity contribution < 1.29 is 9.53 Å². The number of hydrogen-bond acceptors (Lipinski definition) is 5. The number of nitrogens with one attached hydrogen (secondary N) is 1. The fraction of sp³-hybridized carbons (Fsp3) is 0.219. The minimum Gasteiger partial charge on any atom is -0.497 e. The maximum Gasteiger partial charge on any atom is 0.253 e. The monoisotopic (exact) mass is 538 g/mol. The van der Waals surface area contributed by atoms with E-state index in [0.717, 1.165) is 41.7 Å². The average molecular weight is 539 g/mol. The van der Waals surface area contributed by atoms with E-state index < -0.39 is 0 Å². The van der Waals surface area contributed by atoms with E-state index in [0.29, 0.717) is 18.7 Å². The molecular formula is C32H31ClN4O2. The van der Waals surface area contributed by atoms with Crippen molar-refractivity contribution in [3.8, 4) is 5.75 Å². The van der Waals surface area contributed by atoms with Crippen LogP contribution in [-0.2, 0) is 0 Å². The third-order valence-electron chi connectivity index (χ3n) is 7.54. The minimum atomic E-state index is 0.0519. The van der Waals surface area contributed by atoms with E-state index in [1.54, 1.807) is 7.11 Å². The Morgan fingerprint density at radius 3 is 2.33 bits per heavy atom. The number of ether oxygens (including phenoxy) is 1. The van der Waals surface area contributed by atoms with Gasteiger partial charge in [0.2, 0.25) is 0 Å². The Morgan fingerprint density at radius 1 is 0.923 bits per heavy atom. The number of carbonyl (C=O) groups is 1. The van der Waals surface area contributed by atoms with E-state index in [-0.39, 0.29) is 12.1 Å². The van der Waals surface area contributed by atoms with Crippen LogP contribution < -0.4 is 10.1 Å². The van der Waals surface area contributed by atoms with Gasteiger partial charge in [0.15, 0.2) is 0 Å². The van der Waals surface area contributed by atoms with Crippen LogP contribution in [0.5, 0.6) is 5.75 Å². The van der Waals surface area contributed by atoms with E-state index >= 15 is 0 Å². The van der Waals surface area contributed by atoms with E-state index in [4.69, 9.17) is 16.3 Å². The van der Waals surface area contributed by atoms with Crippen molar-refractivity contribution in [1.82, 2.24) is 20.0 Å². The number of hydrogen-bond donors (Lipinski definition) is 1. The molecule has 3 aliphatic heterocycles. The summed E-state index contributed by atoms with van der Waals surface area (Å²) in [6.07, 6.45) is 6.71. The van der Waals surface area contributed by atoms with Crippen LogP contribution in [0.15, 0.2) is 103 Å². The summed E-state index contributed by atoms with van der Waals surface area (Å²) in [5, 5.41) is 4.45. The van der Waals surface area contributed by atoms with Gasteiger partial charge in [0.25, 0.3) is 5.91 Å². The summed E-state index contributed by atoms with van der Waals surface area (Å²) in [7, 11) is 1.63. The molecule has 0 spiro atoms. The molecule has 1 N–H and O–H groups in total. The first kappa shape index (κ1) is 25.3. The second kappa shape index (κ2) is 11.0. The van der Waals surface area contributed by atoms with Crippen LogP contribution in [-0.4, -0.2) is 66.6 Å². The molecule has 1 atom stereocenters. The second-order valence-corrected chi connectivity index (χ2v) is 10.4. The highest BCUT2D eigenvalue weighted by molar-refractivity contribution is 6.30. The third kappa shape index (κ3) is 5.31. The molecule has 0 saturated carbocycles. The molecule has 3 aliphatic rings. The second-order valence-electron chi connectivity index (χ2n) is 9.93. The molecule has 3 aromatic rings. The zero-order valence-electron chi connectivity index (χ0n) is 21.9. The largest absolute Gasteiger partial charge is 0.497 e. The smallest absolute Gasteiger partial charge is 0.253 e. The lowest BCUT2D eigenvalue weighted by atomic mass is 10.0. The maximum absolute atomic E-state index is 13.1. The van der Waals surface area contributed by atoms with Gasteiger partial charge in [0.05, 0.1) is 18.5 Å². The predicted molar refractivity (Wildman–Crippen MR) is 156 cm³/mol. The van der Waals surface area contributed by atoms with Crippen molar-refractivity contribution in [3.05, 3.63) is 125 Å². The van der Waals surface area contributed by atoms with Crippen molar-refractivity contribution in [2.45, 2.75) is 6.17 Å².